The van der Waals surface area contributed by atoms with E-state index in [4.69, 9.17) is 0 Å². The Morgan fingerprint density at radius 3 is 2.32 bits per heavy atom. The van der Waals surface area contributed by atoms with Crippen molar-refractivity contribution in [2.45, 2.75) is 45.6 Å². The molecule has 0 bridgehead atoms. The van der Waals surface area contributed by atoms with Crippen LogP contribution in [0.5, 0.6) is 0 Å². The lowest BCUT2D eigenvalue weighted by Crippen LogP contribution is -2.29. The van der Waals surface area contributed by atoms with Crippen molar-refractivity contribution in [2.24, 2.45) is 11.8 Å². The van der Waals surface area contributed by atoms with E-state index in [2.05, 4.69) is 79.1 Å². The van der Waals surface area contributed by atoms with Crippen molar-refractivity contribution in [3.05, 3.63) is 25.6 Å². The Balaban J connectivity index is 2.09. The second kappa shape index (κ2) is 6.95. The van der Waals surface area contributed by atoms with Crippen molar-refractivity contribution < 1.29 is 0 Å². The number of halogens is 3. The Morgan fingerprint density at radius 1 is 1.11 bits per heavy atom. The lowest BCUT2D eigenvalue weighted by Gasteiger charge is -2.33. The van der Waals surface area contributed by atoms with E-state index in [9.17, 15) is 0 Å². The van der Waals surface area contributed by atoms with Crippen molar-refractivity contribution in [1.82, 2.24) is 0 Å². The molecule has 0 spiro atoms. The van der Waals surface area contributed by atoms with Crippen LogP contribution in [0.4, 0.5) is 5.69 Å². The molecular formula is C15H20Br3N. The molecule has 4 heteroatoms. The first-order valence-electron chi connectivity index (χ1n) is 6.88. The van der Waals surface area contributed by atoms with Gasteiger partial charge in [-0.3, -0.25) is 0 Å². The van der Waals surface area contributed by atoms with Gasteiger partial charge in [0.1, 0.15) is 0 Å². The summed E-state index contributed by atoms with van der Waals surface area (Å²) < 4.78 is 3.31. The molecule has 2 rings (SSSR count). The zero-order valence-electron chi connectivity index (χ0n) is 11.3. The van der Waals surface area contributed by atoms with Gasteiger partial charge in [-0.05, 0) is 68.7 Å². The molecule has 1 aliphatic rings. The van der Waals surface area contributed by atoms with E-state index in [-0.39, 0.29) is 0 Å². The van der Waals surface area contributed by atoms with Gasteiger partial charge in [0.05, 0.1) is 5.69 Å². The lowest BCUT2D eigenvalue weighted by atomic mass is 9.79. The summed E-state index contributed by atoms with van der Waals surface area (Å²) in [6.07, 6.45) is 5.29. The zero-order chi connectivity index (χ0) is 14.0. The van der Waals surface area contributed by atoms with E-state index in [0.717, 1.165) is 25.3 Å². The molecule has 106 valence electrons. The monoisotopic (exact) mass is 451 g/mol. The van der Waals surface area contributed by atoms with Crippen LogP contribution in [0.2, 0.25) is 0 Å². The Labute approximate surface area is 141 Å². The van der Waals surface area contributed by atoms with Crippen LogP contribution in [-0.2, 0) is 0 Å². The van der Waals surface area contributed by atoms with E-state index in [0.29, 0.717) is 6.04 Å². The molecule has 0 amide bonds. The largest absolute Gasteiger partial charge is 0.380 e. The third-order valence-electron chi connectivity index (χ3n) is 4.01. The number of nitrogens with one attached hydrogen (secondary N) is 1. The molecule has 2 atom stereocenters. The Morgan fingerprint density at radius 2 is 1.74 bits per heavy atom. The topological polar surface area (TPSA) is 12.0 Å². The van der Waals surface area contributed by atoms with Crippen LogP contribution < -0.4 is 5.32 Å². The average molecular weight is 454 g/mol. The minimum atomic E-state index is 0.593. The molecule has 2 unspecified atom stereocenters. The summed E-state index contributed by atoms with van der Waals surface area (Å²) in [6.45, 7) is 4.69. The summed E-state index contributed by atoms with van der Waals surface area (Å²) in [5.74, 6) is 1.65. The van der Waals surface area contributed by atoms with Crippen LogP contribution in [0.1, 0.15) is 39.5 Å². The molecule has 0 aromatic heterocycles. The molecular weight excluding hydrogens is 434 g/mol. The first-order chi connectivity index (χ1) is 8.97. The second-order valence-corrected chi connectivity index (χ2v) is 8.38. The normalized spacial score (nSPS) is 23.7. The van der Waals surface area contributed by atoms with Crippen LogP contribution in [0.25, 0.3) is 0 Å². The summed E-state index contributed by atoms with van der Waals surface area (Å²) in [7, 11) is 0. The average Bonchev–Trinajstić information content (AvgIpc) is 2.34. The molecule has 19 heavy (non-hydrogen) atoms. The Bertz CT molecular complexity index is 422. The molecule has 0 heterocycles. The van der Waals surface area contributed by atoms with E-state index in [1.54, 1.807) is 0 Å². The van der Waals surface area contributed by atoms with Crippen molar-refractivity contribution in [2.75, 3.05) is 5.32 Å². The zero-order valence-corrected chi connectivity index (χ0v) is 16.1. The van der Waals surface area contributed by atoms with E-state index in [1.165, 1.54) is 31.4 Å². The maximum atomic E-state index is 3.71. The van der Waals surface area contributed by atoms with Gasteiger partial charge >= 0.3 is 0 Å². The summed E-state index contributed by atoms with van der Waals surface area (Å²) in [6, 6.07) is 4.78. The predicted molar refractivity (Wildman–Crippen MR) is 93.7 cm³/mol. The van der Waals surface area contributed by atoms with Crippen molar-refractivity contribution in [3.63, 3.8) is 0 Å². The molecule has 0 saturated heterocycles. The first-order valence-corrected chi connectivity index (χ1v) is 9.26. The molecule has 1 aromatic carbocycles. The van der Waals surface area contributed by atoms with Gasteiger partial charge in [-0.15, -0.1) is 0 Å². The van der Waals surface area contributed by atoms with Gasteiger partial charge in [-0.1, -0.05) is 42.6 Å². The van der Waals surface area contributed by atoms with Crippen molar-refractivity contribution >= 4 is 53.5 Å². The fourth-order valence-corrected chi connectivity index (χ4v) is 5.34. The maximum absolute atomic E-state index is 3.71. The predicted octanol–water partition coefficient (Wildman–Crippen LogP) is 6.60. The standard InChI is InChI=1S/C15H20Br3N/c1-9(2)10-4-3-5-12(6-10)19-15-13(17)7-11(16)8-14(15)18/h7-10,12,19H,3-6H2,1-2H3. The molecule has 1 nitrogen and oxygen atoms in total. The van der Waals surface area contributed by atoms with Crippen LogP contribution in [0.3, 0.4) is 0 Å². The van der Waals surface area contributed by atoms with Gasteiger partial charge in [0.2, 0.25) is 0 Å². The highest BCUT2D eigenvalue weighted by atomic mass is 79.9. The van der Waals surface area contributed by atoms with E-state index >= 15 is 0 Å². The van der Waals surface area contributed by atoms with Crippen LogP contribution in [0, 0.1) is 11.8 Å². The van der Waals surface area contributed by atoms with Gasteiger partial charge < -0.3 is 5.32 Å². The van der Waals surface area contributed by atoms with Gasteiger partial charge in [-0.2, -0.15) is 0 Å². The number of rotatable bonds is 3. The molecule has 1 saturated carbocycles. The summed E-state index contributed by atoms with van der Waals surface area (Å²) >= 11 is 10.8. The number of hydrogen-bond acceptors (Lipinski definition) is 1. The lowest BCUT2D eigenvalue weighted by molar-refractivity contribution is 0.264. The molecule has 1 aliphatic carbocycles. The van der Waals surface area contributed by atoms with Gasteiger partial charge in [0.25, 0.3) is 0 Å². The molecule has 1 N–H and O–H groups in total. The van der Waals surface area contributed by atoms with Crippen molar-refractivity contribution in [1.29, 1.82) is 0 Å². The highest BCUT2D eigenvalue weighted by Crippen LogP contribution is 2.37. The number of anilines is 1. The number of hydrogen-bond donors (Lipinski definition) is 1. The van der Waals surface area contributed by atoms with Crippen molar-refractivity contribution in [3.8, 4) is 0 Å². The highest BCUT2D eigenvalue weighted by molar-refractivity contribution is 9.11. The van der Waals surface area contributed by atoms with E-state index in [1.807, 2.05) is 0 Å². The Hall–Kier alpha value is 0.460. The third kappa shape index (κ3) is 4.21. The summed E-state index contributed by atoms with van der Waals surface area (Å²) in [5, 5.41) is 3.71. The first kappa shape index (κ1) is 15.8. The minimum absolute atomic E-state index is 0.593. The SMILES string of the molecule is CC(C)C1CCCC(Nc2c(Br)cc(Br)cc2Br)C1. The van der Waals surface area contributed by atoms with Gasteiger partial charge in [-0.25, -0.2) is 0 Å². The number of benzene rings is 1. The van der Waals surface area contributed by atoms with Gasteiger partial charge in [0, 0.05) is 19.5 Å². The molecule has 0 aliphatic heterocycles. The molecule has 1 aromatic rings. The van der Waals surface area contributed by atoms with Crippen LogP contribution in [0.15, 0.2) is 25.6 Å². The van der Waals surface area contributed by atoms with Gasteiger partial charge in [0.15, 0.2) is 0 Å². The minimum Gasteiger partial charge on any atom is -0.380 e. The van der Waals surface area contributed by atoms with Crippen LogP contribution in [-0.4, -0.2) is 6.04 Å². The quantitative estimate of drug-likeness (QED) is 0.543. The maximum Gasteiger partial charge on any atom is 0.0631 e. The smallest absolute Gasteiger partial charge is 0.0631 e. The van der Waals surface area contributed by atoms with Crippen LogP contribution >= 0.6 is 47.8 Å². The summed E-state index contributed by atoms with van der Waals surface area (Å²) in [4.78, 5) is 0. The third-order valence-corrected chi connectivity index (χ3v) is 5.72. The molecule has 0 radical (unpaired) electrons. The highest BCUT2D eigenvalue weighted by Gasteiger charge is 2.24. The Kier molecular flexibility index (Phi) is 5.79. The summed E-state index contributed by atoms with van der Waals surface area (Å²) in [5.41, 5.74) is 1.18. The molecule has 1 fully saturated rings. The second-order valence-electron chi connectivity index (χ2n) is 5.76. The fourth-order valence-electron chi connectivity index (χ4n) is 2.85. The van der Waals surface area contributed by atoms with E-state index < -0.39 is 0 Å². The fraction of sp³-hybridized carbons (Fsp3) is 0.600.